The van der Waals surface area contributed by atoms with Gasteiger partial charge in [-0.05, 0) is 12.5 Å². The maximum absolute atomic E-state index is 5.81. The van der Waals surface area contributed by atoms with E-state index in [2.05, 4.69) is 15.3 Å². The van der Waals surface area contributed by atoms with E-state index in [0.29, 0.717) is 24.8 Å². The Morgan fingerprint density at radius 1 is 1.26 bits per heavy atom. The normalized spacial score (nSPS) is 11.9. The number of hydrogen-bond donors (Lipinski definition) is 2. The van der Waals surface area contributed by atoms with Crippen LogP contribution in [0.25, 0.3) is 0 Å². The molecule has 0 fully saturated rings. The van der Waals surface area contributed by atoms with Crippen LogP contribution in [0.2, 0.25) is 0 Å². The van der Waals surface area contributed by atoms with Crippen molar-refractivity contribution in [2.24, 2.45) is 5.73 Å². The number of rotatable bonds is 6. The lowest BCUT2D eigenvalue weighted by Crippen LogP contribution is -2.21. The first-order valence-electron chi connectivity index (χ1n) is 6.30. The number of aromatic nitrogens is 2. The van der Waals surface area contributed by atoms with Crippen LogP contribution < -0.4 is 15.8 Å². The average Bonchev–Trinajstić information content (AvgIpc) is 2.46. The van der Waals surface area contributed by atoms with Crippen LogP contribution in [0, 0.1) is 0 Å². The summed E-state index contributed by atoms with van der Waals surface area (Å²) in [5.74, 6) is 1.27. The first-order valence-corrected chi connectivity index (χ1v) is 6.30. The number of benzene rings is 1. The monoisotopic (exact) mass is 258 g/mol. The summed E-state index contributed by atoms with van der Waals surface area (Å²) in [7, 11) is 0. The molecule has 0 saturated carbocycles. The summed E-state index contributed by atoms with van der Waals surface area (Å²) in [6, 6.07) is 11.8. The standard InChI is InChI=1S/C14H18N4O/c1-2-19-14-8-13(16-10-17-14)18-12(9-15)11-6-4-3-5-7-11/h3-8,10,12H,2,9,15H2,1H3,(H,16,17,18). The Morgan fingerprint density at radius 3 is 2.74 bits per heavy atom. The Bertz CT molecular complexity index is 504. The largest absolute Gasteiger partial charge is 0.478 e. The van der Waals surface area contributed by atoms with Gasteiger partial charge in [0.1, 0.15) is 12.1 Å². The molecular weight excluding hydrogens is 240 g/mol. The number of hydrogen-bond acceptors (Lipinski definition) is 5. The molecule has 0 bridgehead atoms. The van der Waals surface area contributed by atoms with E-state index >= 15 is 0 Å². The molecule has 0 aliphatic carbocycles. The Kier molecular flexibility index (Phi) is 4.69. The van der Waals surface area contributed by atoms with Crippen LogP contribution in [-0.4, -0.2) is 23.1 Å². The second-order valence-corrected chi connectivity index (χ2v) is 4.02. The van der Waals surface area contributed by atoms with Crippen molar-refractivity contribution in [1.82, 2.24) is 9.97 Å². The van der Waals surface area contributed by atoms with E-state index in [-0.39, 0.29) is 6.04 Å². The van der Waals surface area contributed by atoms with Crippen molar-refractivity contribution in [3.8, 4) is 5.88 Å². The fourth-order valence-electron chi connectivity index (χ4n) is 1.79. The molecule has 1 aromatic carbocycles. The predicted octanol–water partition coefficient (Wildman–Crippen LogP) is 1.99. The molecule has 5 nitrogen and oxygen atoms in total. The van der Waals surface area contributed by atoms with E-state index in [9.17, 15) is 0 Å². The smallest absolute Gasteiger partial charge is 0.218 e. The molecule has 0 aliphatic rings. The summed E-state index contributed by atoms with van der Waals surface area (Å²) in [4.78, 5) is 8.21. The van der Waals surface area contributed by atoms with E-state index in [4.69, 9.17) is 10.5 Å². The van der Waals surface area contributed by atoms with Gasteiger partial charge in [-0.25, -0.2) is 9.97 Å². The van der Waals surface area contributed by atoms with Gasteiger partial charge in [0.15, 0.2) is 0 Å². The van der Waals surface area contributed by atoms with Crippen molar-refractivity contribution in [3.63, 3.8) is 0 Å². The number of nitrogens with zero attached hydrogens (tertiary/aromatic N) is 2. The summed E-state index contributed by atoms with van der Waals surface area (Å²) in [5, 5.41) is 3.29. The minimum atomic E-state index is 0.0191. The van der Waals surface area contributed by atoms with E-state index in [1.165, 1.54) is 6.33 Å². The zero-order chi connectivity index (χ0) is 13.5. The number of anilines is 1. The molecule has 1 atom stereocenters. The van der Waals surface area contributed by atoms with Gasteiger partial charge in [0.05, 0.1) is 12.6 Å². The number of nitrogens with two attached hydrogens (primary N) is 1. The van der Waals surface area contributed by atoms with E-state index in [0.717, 1.165) is 5.56 Å². The van der Waals surface area contributed by atoms with Gasteiger partial charge >= 0.3 is 0 Å². The van der Waals surface area contributed by atoms with E-state index < -0.39 is 0 Å². The summed E-state index contributed by atoms with van der Waals surface area (Å²) >= 11 is 0. The average molecular weight is 258 g/mol. The molecule has 5 heteroatoms. The molecule has 19 heavy (non-hydrogen) atoms. The van der Waals surface area contributed by atoms with Gasteiger partial charge in [-0.1, -0.05) is 30.3 Å². The molecule has 0 radical (unpaired) electrons. The lowest BCUT2D eigenvalue weighted by atomic mass is 10.1. The van der Waals surface area contributed by atoms with E-state index in [1.807, 2.05) is 37.3 Å². The van der Waals surface area contributed by atoms with Gasteiger partial charge in [-0.15, -0.1) is 0 Å². The third-order valence-electron chi connectivity index (χ3n) is 2.69. The minimum absolute atomic E-state index is 0.0191. The maximum atomic E-state index is 5.81. The Hall–Kier alpha value is -2.14. The molecule has 0 saturated heterocycles. The van der Waals surface area contributed by atoms with Crippen LogP contribution in [0.3, 0.4) is 0 Å². The Morgan fingerprint density at radius 2 is 2.05 bits per heavy atom. The zero-order valence-electron chi connectivity index (χ0n) is 10.9. The third-order valence-corrected chi connectivity index (χ3v) is 2.69. The quantitative estimate of drug-likeness (QED) is 0.829. The highest BCUT2D eigenvalue weighted by atomic mass is 16.5. The van der Waals surface area contributed by atoms with Crippen LogP contribution in [0.15, 0.2) is 42.7 Å². The second kappa shape index (κ2) is 6.70. The highest BCUT2D eigenvalue weighted by Gasteiger charge is 2.10. The molecule has 2 aromatic rings. The van der Waals surface area contributed by atoms with Crippen molar-refractivity contribution in [2.75, 3.05) is 18.5 Å². The summed E-state index contributed by atoms with van der Waals surface area (Å²) in [6.45, 7) is 2.98. The molecule has 1 aromatic heterocycles. The SMILES string of the molecule is CCOc1cc(NC(CN)c2ccccc2)ncn1. The molecule has 0 amide bonds. The molecule has 0 spiro atoms. The highest BCUT2D eigenvalue weighted by Crippen LogP contribution is 2.18. The first kappa shape index (κ1) is 13.3. The van der Waals surface area contributed by atoms with Gasteiger partial charge in [0, 0.05) is 12.6 Å². The number of nitrogens with one attached hydrogen (secondary N) is 1. The Balaban J connectivity index is 2.12. The molecule has 1 unspecified atom stereocenters. The van der Waals surface area contributed by atoms with Gasteiger partial charge in [0.25, 0.3) is 0 Å². The summed E-state index contributed by atoms with van der Waals surface area (Å²) in [6.07, 6.45) is 1.48. The lowest BCUT2D eigenvalue weighted by Gasteiger charge is -2.18. The van der Waals surface area contributed by atoms with Crippen molar-refractivity contribution < 1.29 is 4.74 Å². The summed E-state index contributed by atoms with van der Waals surface area (Å²) in [5.41, 5.74) is 6.94. The minimum Gasteiger partial charge on any atom is -0.478 e. The van der Waals surface area contributed by atoms with Gasteiger partial charge in [-0.3, -0.25) is 0 Å². The fraction of sp³-hybridized carbons (Fsp3) is 0.286. The molecule has 3 N–H and O–H groups in total. The van der Waals surface area contributed by atoms with Crippen molar-refractivity contribution in [2.45, 2.75) is 13.0 Å². The second-order valence-electron chi connectivity index (χ2n) is 4.02. The molecule has 100 valence electrons. The van der Waals surface area contributed by atoms with Gasteiger partial charge in [-0.2, -0.15) is 0 Å². The molecule has 2 rings (SSSR count). The van der Waals surface area contributed by atoms with Crippen LogP contribution >= 0.6 is 0 Å². The summed E-state index contributed by atoms with van der Waals surface area (Å²) < 4.78 is 5.35. The third kappa shape index (κ3) is 3.66. The van der Waals surface area contributed by atoms with Crippen LogP contribution in [-0.2, 0) is 0 Å². The molecular formula is C14H18N4O. The fourth-order valence-corrected chi connectivity index (χ4v) is 1.79. The van der Waals surface area contributed by atoms with Gasteiger partial charge in [0.2, 0.25) is 5.88 Å². The van der Waals surface area contributed by atoms with E-state index in [1.54, 1.807) is 6.07 Å². The van der Waals surface area contributed by atoms with Crippen molar-refractivity contribution in [1.29, 1.82) is 0 Å². The zero-order valence-corrected chi connectivity index (χ0v) is 10.9. The number of ether oxygens (including phenoxy) is 1. The first-order chi connectivity index (χ1) is 9.33. The Labute approximate surface area is 112 Å². The van der Waals surface area contributed by atoms with Crippen LogP contribution in [0.1, 0.15) is 18.5 Å². The van der Waals surface area contributed by atoms with Crippen molar-refractivity contribution >= 4 is 5.82 Å². The highest BCUT2D eigenvalue weighted by molar-refractivity contribution is 5.40. The lowest BCUT2D eigenvalue weighted by molar-refractivity contribution is 0.326. The topological polar surface area (TPSA) is 73.1 Å². The van der Waals surface area contributed by atoms with Crippen molar-refractivity contribution in [3.05, 3.63) is 48.3 Å². The van der Waals surface area contributed by atoms with Crippen LogP contribution in [0.4, 0.5) is 5.82 Å². The predicted molar refractivity (Wildman–Crippen MR) is 75.1 cm³/mol. The molecule has 1 heterocycles. The maximum Gasteiger partial charge on any atom is 0.218 e. The van der Waals surface area contributed by atoms with Crippen LogP contribution in [0.5, 0.6) is 5.88 Å². The van der Waals surface area contributed by atoms with Gasteiger partial charge < -0.3 is 15.8 Å². The molecule has 0 aliphatic heterocycles.